The maximum atomic E-state index is 13.5. The van der Waals surface area contributed by atoms with Crippen molar-refractivity contribution in [2.45, 2.75) is 52.2 Å². The first-order chi connectivity index (χ1) is 21.2. The lowest BCUT2D eigenvalue weighted by molar-refractivity contribution is -0.128. The predicted octanol–water partition coefficient (Wildman–Crippen LogP) is 5.37. The number of hydrogen-bond donors (Lipinski definition) is 0. The van der Waals surface area contributed by atoms with Gasteiger partial charge < -0.3 is 19.4 Å². The number of nitriles is 1. The van der Waals surface area contributed by atoms with Crippen LogP contribution in [0.4, 0.5) is 15.9 Å². The quantitative estimate of drug-likeness (QED) is 0.326. The molecule has 2 fully saturated rings. The van der Waals surface area contributed by atoms with Crippen molar-refractivity contribution in [3.05, 3.63) is 65.1 Å². The molecule has 1 unspecified atom stereocenters. The number of piperazine rings is 1. The third kappa shape index (κ3) is 6.59. The Morgan fingerprint density at radius 2 is 1.82 bits per heavy atom. The van der Waals surface area contributed by atoms with Crippen LogP contribution in [-0.2, 0) is 17.8 Å². The average molecular weight is 620 g/mol. The van der Waals surface area contributed by atoms with E-state index in [0.29, 0.717) is 57.4 Å². The number of ether oxygens (including phenoxy) is 1. The largest absolute Gasteiger partial charge is 0.462 e. The van der Waals surface area contributed by atoms with Crippen LogP contribution in [0.2, 0.25) is 5.02 Å². The van der Waals surface area contributed by atoms with E-state index in [1.807, 2.05) is 12.1 Å². The summed E-state index contributed by atoms with van der Waals surface area (Å²) in [7, 11) is 0. The molecule has 0 aliphatic carbocycles. The number of hydrogen-bond acceptors (Lipinski definition) is 8. The van der Waals surface area contributed by atoms with E-state index in [1.165, 1.54) is 11.8 Å². The summed E-state index contributed by atoms with van der Waals surface area (Å²) in [4.78, 5) is 30.4. The number of carbonyl (C=O) groups is 1. The van der Waals surface area contributed by atoms with Crippen LogP contribution in [0.5, 0.6) is 6.01 Å². The lowest BCUT2D eigenvalue weighted by Crippen LogP contribution is -2.54. The van der Waals surface area contributed by atoms with Gasteiger partial charge in [-0.3, -0.25) is 9.69 Å². The van der Waals surface area contributed by atoms with Gasteiger partial charge in [0, 0.05) is 74.9 Å². The molecular weight excluding hydrogens is 581 g/mol. The summed E-state index contributed by atoms with van der Waals surface area (Å²) in [5.41, 5.74) is 3.12. The molecular formula is C33H39ClFN7O2. The van der Waals surface area contributed by atoms with Crippen LogP contribution in [0.15, 0.2) is 48.8 Å². The van der Waals surface area contributed by atoms with Gasteiger partial charge in [-0.25, -0.2) is 4.39 Å². The van der Waals surface area contributed by atoms with Crippen molar-refractivity contribution in [3.8, 4) is 12.1 Å². The van der Waals surface area contributed by atoms with E-state index in [9.17, 15) is 9.18 Å². The molecule has 0 saturated carbocycles. The van der Waals surface area contributed by atoms with Crippen molar-refractivity contribution in [2.75, 3.05) is 55.7 Å². The molecule has 2 aromatic carbocycles. The molecule has 0 bridgehead atoms. The molecule has 44 heavy (non-hydrogen) atoms. The van der Waals surface area contributed by atoms with Gasteiger partial charge in [0.15, 0.2) is 5.83 Å². The Hall–Kier alpha value is -3.94. The van der Waals surface area contributed by atoms with Gasteiger partial charge >= 0.3 is 6.01 Å². The summed E-state index contributed by atoms with van der Waals surface area (Å²) in [5, 5.41) is 10.2. The molecule has 3 aliphatic heterocycles. The van der Waals surface area contributed by atoms with Gasteiger partial charge in [-0.1, -0.05) is 42.4 Å². The van der Waals surface area contributed by atoms with Crippen molar-refractivity contribution in [2.24, 2.45) is 0 Å². The Labute approximate surface area is 263 Å². The summed E-state index contributed by atoms with van der Waals surface area (Å²) in [6.45, 7) is 13.9. The van der Waals surface area contributed by atoms with E-state index >= 15 is 0 Å². The third-order valence-corrected chi connectivity index (χ3v) is 8.87. The highest BCUT2D eigenvalue weighted by Crippen LogP contribution is 2.37. The Bertz CT molecular complexity index is 1560. The Morgan fingerprint density at radius 1 is 1.11 bits per heavy atom. The SMILES string of the molecule is C=C(F)C(=O)N1CCN(c2nc(OCC3CCN3C(C)C)nc3c2CCN(c2cccc4cccc(Cl)c24)C3)CC1.CC#N. The number of fused-ring (bicyclic) bond motifs is 2. The molecule has 9 nitrogen and oxygen atoms in total. The van der Waals surface area contributed by atoms with E-state index in [1.54, 1.807) is 6.07 Å². The molecule has 0 N–H and O–H groups in total. The maximum absolute atomic E-state index is 13.5. The highest BCUT2D eigenvalue weighted by atomic mass is 35.5. The first-order valence-corrected chi connectivity index (χ1v) is 15.5. The van der Waals surface area contributed by atoms with Crippen molar-refractivity contribution in [1.29, 1.82) is 5.26 Å². The van der Waals surface area contributed by atoms with Crippen molar-refractivity contribution >= 4 is 39.8 Å². The number of anilines is 2. The monoisotopic (exact) mass is 619 g/mol. The Morgan fingerprint density at radius 3 is 2.45 bits per heavy atom. The second-order valence-corrected chi connectivity index (χ2v) is 11.9. The summed E-state index contributed by atoms with van der Waals surface area (Å²) in [6.07, 6.45) is 1.86. The molecule has 232 valence electrons. The Kier molecular flexibility index (Phi) is 9.87. The number of aromatic nitrogens is 2. The maximum Gasteiger partial charge on any atom is 0.318 e. The fourth-order valence-corrected chi connectivity index (χ4v) is 6.52. The van der Waals surface area contributed by atoms with Gasteiger partial charge in [0.05, 0.1) is 23.3 Å². The predicted molar refractivity (Wildman–Crippen MR) is 172 cm³/mol. The number of likely N-dealkylation sites (tertiary alicyclic amines) is 1. The summed E-state index contributed by atoms with van der Waals surface area (Å²) in [5.74, 6) is -0.715. The summed E-state index contributed by atoms with van der Waals surface area (Å²) in [6, 6.07) is 15.2. The smallest absolute Gasteiger partial charge is 0.318 e. The van der Waals surface area contributed by atoms with Crippen LogP contribution in [0, 0.1) is 11.3 Å². The van der Waals surface area contributed by atoms with Gasteiger partial charge in [-0.2, -0.15) is 15.2 Å². The van der Waals surface area contributed by atoms with Gasteiger partial charge in [-0.05, 0) is 44.2 Å². The standard InChI is InChI=1S/C31H36ClFN6O2.C2H3N/c1-20(2)39-13-10-23(39)19-41-31-34-26-18-38(27-9-5-7-22-6-4-8-25(32)28(22)27)12-11-24(26)29(35-31)36-14-16-37(17-15-36)30(40)21(3)33;1-2-3/h4-9,20,23H,3,10-19H2,1-2H3;1H3. The Balaban J connectivity index is 0.00000123. The van der Waals surface area contributed by atoms with E-state index in [4.69, 9.17) is 31.6 Å². The molecule has 4 heterocycles. The van der Waals surface area contributed by atoms with Gasteiger partial charge in [0.25, 0.3) is 5.91 Å². The summed E-state index contributed by atoms with van der Waals surface area (Å²) >= 11 is 6.67. The van der Waals surface area contributed by atoms with Crippen LogP contribution in [0.1, 0.15) is 38.4 Å². The fraction of sp³-hybridized carbons (Fsp3) is 0.455. The number of carbonyl (C=O) groups excluding carboxylic acids is 1. The van der Waals surface area contributed by atoms with E-state index in [0.717, 1.165) is 64.5 Å². The topological polar surface area (TPSA) is 88.8 Å². The van der Waals surface area contributed by atoms with Crippen LogP contribution >= 0.6 is 11.6 Å². The molecule has 0 spiro atoms. The first kappa shape index (κ1) is 31.5. The lowest BCUT2D eigenvalue weighted by atomic mass is 10.0. The lowest BCUT2D eigenvalue weighted by Gasteiger charge is -2.43. The van der Waals surface area contributed by atoms with Gasteiger partial charge in [0.1, 0.15) is 12.4 Å². The minimum absolute atomic E-state index is 0.357. The van der Waals surface area contributed by atoms with Gasteiger partial charge in [-0.15, -0.1) is 0 Å². The fourth-order valence-electron chi connectivity index (χ4n) is 6.24. The van der Waals surface area contributed by atoms with Crippen LogP contribution in [-0.4, -0.2) is 83.6 Å². The zero-order valence-corrected chi connectivity index (χ0v) is 26.4. The number of rotatable bonds is 7. The van der Waals surface area contributed by atoms with Crippen molar-refractivity contribution in [1.82, 2.24) is 19.8 Å². The summed E-state index contributed by atoms with van der Waals surface area (Å²) < 4.78 is 19.7. The zero-order chi connectivity index (χ0) is 31.4. The second kappa shape index (κ2) is 13.8. The van der Waals surface area contributed by atoms with Gasteiger partial charge in [0.2, 0.25) is 0 Å². The average Bonchev–Trinajstić information content (AvgIpc) is 2.99. The normalized spacial score (nSPS) is 18.2. The number of halogens is 2. The number of amides is 1. The molecule has 3 aromatic rings. The van der Waals surface area contributed by atoms with Crippen LogP contribution < -0.4 is 14.5 Å². The van der Waals surface area contributed by atoms with E-state index in [2.05, 4.69) is 59.4 Å². The van der Waals surface area contributed by atoms with E-state index in [-0.39, 0.29) is 0 Å². The molecule has 11 heteroatoms. The van der Waals surface area contributed by atoms with Crippen molar-refractivity contribution < 1.29 is 13.9 Å². The third-order valence-electron chi connectivity index (χ3n) is 8.55. The highest BCUT2D eigenvalue weighted by Gasteiger charge is 2.32. The second-order valence-electron chi connectivity index (χ2n) is 11.5. The van der Waals surface area contributed by atoms with Crippen molar-refractivity contribution in [3.63, 3.8) is 0 Å². The first-order valence-electron chi connectivity index (χ1n) is 15.1. The molecule has 6 rings (SSSR count). The highest BCUT2D eigenvalue weighted by molar-refractivity contribution is 6.36. The molecule has 1 atom stereocenters. The molecule has 1 amide bonds. The molecule has 3 aliphatic rings. The van der Waals surface area contributed by atoms with E-state index < -0.39 is 11.7 Å². The number of nitrogens with zero attached hydrogens (tertiary/aromatic N) is 7. The molecule has 0 radical (unpaired) electrons. The molecule has 2 saturated heterocycles. The van der Waals surface area contributed by atoms with Crippen LogP contribution in [0.3, 0.4) is 0 Å². The minimum Gasteiger partial charge on any atom is -0.462 e. The zero-order valence-electron chi connectivity index (χ0n) is 25.6. The number of benzene rings is 2. The molecule has 1 aromatic heterocycles. The minimum atomic E-state index is -0.923. The van der Waals surface area contributed by atoms with Crippen LogP contribution in [0.25, 0.3) is 10.8 Å².